The van der Waals surface area contributed by atoms with E-state index in [0.29, 0.717) is 0 Å². The first-order chi connectivity index (χ1) is 11.1. The lowest BCUT2D eigenvalue weighted by atomic mass is 9.93. The van der Waals surface area contributed by atoms with Crippen molar-refractivity contribution in [3.8, 4) is 0 Å². The number of aryl methyl sites for hydroxylation is 1. The molecule has 0 fully saturated rings. The number of furan rings is 1. The molecule has 0 spiro atoms. The summed E-state index contributed by atoms with van der Waals surface area (Å²) in [6.45, 7) is 15.0. The van der Waals surface area contributed by atoms with Crippen LogP contribution in [0.2, 0.25) is 0 Å². The van der Waals surface area contributed by atoms with E-state index in [-0.39, 0.29) is 0 Å². The van der Waals surface area contributed by atoms with E-state index in [9.17, 15) is 0 Å². The van der Waals surface area contributed by atoms with Crippen LogP contribution in [0.15, 0.2) is 22.6 Å². The molecule has 0 unspecified atom stereocenters. The summed E-state index contributed by atoms with van der Waals surface area (Å²) >= 11 is 0. The molecular weight excluding hydrogens is 280 g/mol. The molecule has 0 saturated heterocycles. The molecule has 0 amide bonds. The Balaban J connectivity index is 3.16. The van der Waals surface area contributed by atoms with Gasteiger partial charge in [0, 0.05) is 5.56 Å². The van der Waals surface area contributed by atoms with E-state index in [1.165, 1.54) is 60.8 Å². The Morgan fingerprint density at radius 1 is 0.957 bits per heavy atom. The topological polar surface area (TPSA) is 13.1 Å². The van der Waals surface area contributed by atoms with Gasteiger partial charge in [-0.15, -0.1) is 6.58 Å². The van der Waals surface area contributed by atoms with E-state index < -0.39 is 0 Å². The summed E-state index contributed by atoms with van der Waals surface area (Å²) in [5.41, 5.74) is 5.62. The summed E-state index contributed by atoms with van der Waals surface area (Å²) in [5, 5.41) is 0. The highest BCUT2D eigenvalue weighted by Crippen LogP contribution is 2.34. The molecule has 0 atom stereocenters. The molecule has 1 heteroatoms. The van der Waals surface area contributed by atoms with Crippen molar-refractivity contribution in [1.82, 2.24) is 0 Å². The zero-order valence-corrected chi connectivity index (χ0v) is 16.1. The largest absolute Gasteiger partial charge is 0.461 e. The molecule has 0 aliphatic heterocycles. The average molecular weight is 317 g/mol. The van der Waals surface area contributed by atoms with Gasteiger partial charge in [-0.05, 0) is 64.0 Å². The molecule has 0 aromatic carbocycles. The first-order valence-corrected chi connectivity index (χ1v) is 9.45. The van der Waals surface area contributed by atoms with Gasteiger partial charge in [-0.3, -0.25) is 0 Å². The van der Waals surface area contributed by atoms with Crippen LogP contribution >= 0.6 is 0 Å². The molecule has 1 rings (SSSR count). The molecule has 1 aromatic heterocycles. The molecule has 1 aromatic rings. The van der Waals surface area contributed by atoms with Crippen LogP contribution in [-0.4, -0.2) is 0 Å². The van der Waals surface area contributed by atoms with Crippen LogP contribution in [0.4, 0.5) is 0 Å². The average Bonchev–Trinajstić information content (AvgIpc) is 2.82. The predicted octanol–water partition coefficient (Wildman–Crippen LogP) is 7.42. The van der Waals surface area contributed by atoms with Crippen molar-refractivity contribution >= 4 is 5.57 Å². The molecule has 0 bridgehead atoms. The van der Waals surface area contributed by atoms with E-state index in [1.807, 2.05) is 6.08 Å². The van der Waals surface area contributed by atoms with Crippen LogP contribution in [0.3, 0.4) is 0 Å². The van der Waals surface area contributed by atoms with Crippen molar-refractivity contribution in [1.29, 1.82) is 0 Å². The smallest absolute Gasteiger partial charge is 0.133 e. The molecule has 0 radical (unpaired) electrons. The monoisotopic (exact) mass is 316 g/mol. The lowest BCUT2D eigenvalue weighted by molar-refractivity contribution is 0.512. The zero-order chi connectivity index (χ0) is 17.2. The molecule has 130 valence electrons. The Morgan fingerprint density at radius 3 is 2.17 bits per heavy atom. The standard InChI is InChI=1S/C22H36O/c1-7-10-12-13-16-21-20(15-11-8-2)18(6)23-22(21)19(14-9-3)17(4)5/h9H,3,7-8,10-16H2,1-2,4-6H3. The zero-order valence-electron chi connectivity index (χ0n) is 16.1. The lowest BCUT2D eigenvalue weighted by Crippen LogP contribution is -1.97. The number of rotatable bonds is 11. The van der Waals surface area contributed by atoms with Gasteiger partial charge in [-0.25, -0.2) is 0 Å². The fourth-order valence-electron chi connectivity index (χ4n) is 3.21. The highest BCUT2D eigenvalue weighted by atomic mass is 16.3. The van der Waals surface area contributed by atoms with Crippen LogP contribution in [0.1, 0.15) is 95.3 Å². The van der Waals surface area contributed by atoms with E-state index >= 15 is 0 Å². The third-order valence-corrected chi connectivity index (χ3v) is 4.61. The van der Waals surface area contributed by atoms with E-state index in [0.717, 1.165) is 30.8 Å². The van der Waals surface area contributed by atoms with Crippen molar-refractivity contribution in [2.24, 2.45) is 0 Å². The number of hydrogen-bond donors (Lipinski definition) is 0. The van der Waals surface area contributed by atoms with Crippen molar-refractivity contribution < 1.29 is 4.42 Å². The molecular formula is C22H36O. The molecule has 1 nitrogen and oxygen atoms in total. The summed E-state index contributed by atoms with van der Waals surface area (Å²) in [4.78, 5) is 0. The molecule has 0 aliphatic carbocycles. The maximum atomic E-state index is 6.27. The van der Waals surface area contributed by atoms with Gasteiger partial charge in [0.25, 0.3) is 0 Å². The van der Waals surface area contributed by atoms with Crippen LogP contribution in [0.5, 0.6) is 0 Å². The minimum atomic E-state index is 0.893. The summed E-state index contributed by atoms with van der Waals surface area (Å²) in [6, 6.07) is 0. The van der Waals surface area contributed by atoms with Gasteiger partial charge in [-0.1, -0.05) is 51.2 Å². The molecule has 0 saturated carbocycles. The van der Waals surface area contributed by atoms with Gasteiger partial charge in [0.15, 0.2) is 0 Å². The Kier molecular flexibility index (Phi) is 9.06. The molecule has 23 heavy (non-hydrogen) atoms. The summed E-state index contributed by atoms with van der Waals surface area (Å²) in [5.74, 6) is 2.27. The first-order valence-electron chi connectivity index (χ1n) is 9.45. The quantitative estimate of drug-likeness (QED) is 0.306. The van der Waals surface area contributed by atoms with Gasteiger partial charge in [-0.2, -0.15) is 0 Å². The third-order valence-electron chi connectivity index (χ3n) is 4.61. The van der Waals surface area contributed by atoms with Gasteiger partial charge in [0.05, 0.1) is 0 Å². The second-order valence-electron chi connectivity index (χ2n) is 6.83. The van der Waals surface area contributed by atoms with Crippen molar-refractivity contribution in [2.75, 3.05) is 0 Å². The maximum Gasteiger partial charge on any atom is 0.133 e. The fourth-order valence-corrected chi connectivity index (χ4v) is 3.21. The second-order valence-corrected chi connectivity index (χ2v) is 6.83. The Labute approximate surface area is 143 Å². The van der Waals surface area contributed by atoms with Gasteiger partial charge < -0.3 is 4.42 Å². The third kappa shape index (κ3) is 5.71. The van der Waals surface area contributed by atoms with Crippen molar-refractivity contribution in [3.05, 3.63) is 40.9 Å². The minimum Gasteiger partial charge on any atom is -0.461 e. The Morgan fingerprint density at radius 2 is 1.61 bits per heavy atom. The van der Waals surface area contributed by atoms with Crippen molar-refractivity contribution in [2.45, 2.75) is 92.4 Å². The summed E-state index contributed by atoms with van der Waals surface area (Å²) < 4.78 is 6.27. The van der Waals surface area contributed by atoms with Crippen LogP contribution < -0.4 is 0 Å². The van der Waals surface area contributed by atoms with E-state index in [4.69, 9.17) is 4.42 Å². The minimum absolute atomic E-state index is 0.893. The van der Waals surface area contributed by atoms with Gasteiger partial charge in [0.2, 0.25) is 0 Å². The Hall–Kier alpha value is -1.24. The van der Waals surface area contributed by atoms with E-state index in [1.54, 1.807) is 0 Å². The normalized spacial score (nSPS) is 10.8. The SMILES string of the molecule is C=CCC(=C(C)C)c1oc(C)c(CCCC)c1CCCCCC. The summed E-state index contributed by atoms with van der Waals surface area (Å²) in [6.07, 6.45) is 12.9. The highest BCUT2D eigenvalue weighted by Gasteiger charge is 2.20. The highest BCUT2D eigenvalue weighted by molar-refractivity contribution is 5.69. The molecule has 1 heterocycles. The molecule has 0 N–H and O–H groups in total. The van der Waals surface area contributed by atoms with Crippen LogP contribution in [0, 0.1) is 6.92 Å². The molecule has 0 aliphatic rings. The maximum absolute atomic E-state index is 6.27. The predicted molar refractivity (Wildman–Crippen MR) is 103 cm³/mol. The van der Waals surface area contributed by atoms with Gasteiger partial charge >= 0.3 is 0 Å². The number of allylic oxidation sites excluding steroid dienone is 3. The van der Waals surface area contributed by atoms with Gasteiger partial charge in [0.1, 0.15) is 11.5 Å². The number of hydrogen-bond acceptors (Lipinski definition) is 1. The lowest BCUT2D eigenvalue weighted by Gasteiger charge is -2.10. The fraction of sp³-hybridized carbons (Fsp3) is 0.636. The van der Waals surface area contributed by atoms with Crippen LogP contribution in [0.25, 0.3) is 5.57 Å². The summed E-state index contributed by atoms with van der Waals surface area (Å²) in [7, 11) is 0. The number of unbranched alkanes of at least 4 members (excludes halogenated alkanes) is 4. The van der Waals surface area contributed by atoms with E-state index in [2.05, 4.69) is 41.2 Å². The van der Waals surface area contributed by atoms with Crippen LogP contribution in [-0.2, 0) is 12.8 Å². The second kappa shape index (κ2) is 10.5. The Bertz CT molecular complexity index is 512. The van der Waals surface area contributed by atoms with Crippen molar-refractivity contribution in [3.63, 3.8) is 0 Å². The first kappa shape index (κ1) is 19.8.